The third kappa shape index (κ3) is 3.25. The van der Waals surface area contributed by atoms with Crippen LogP contribution in [0.25, 0.3) is 0 Å². The van der Waals surface area contributed by atoms with Crippen LogP contribution < -0.4 is 5.32 Å². The minimum Gasteiger partial charge on any atom is -0.508 e. The smallest absolute Gasteiger partial charge is 0.305 e. The van der Waals surface area contributed by atoms with E-state index in [1.54, 1.807) is 0 Å². The van der Waals surface area contributed by atoms with Crippen molar-refractivity contribution in [3.63, 3.8) is 0 Å². The molecule has 1 heterocycles. The number of aromatic hydroxyl groups is 1. The first-order chi connectivity index (χ1) is 9.90. The summed E-state index contributed by atoms with van der Waals surface area (Å²) in [6, 6.07) is 2.79. The predicted octanol–water partition coefficient (Wildman–Crippen LogP) is 0.461. The number of amides is 2. The lowest BCUT2D eigenvalue weighted by atomic mass is 10.1. The van der Waals surface area contributed by atoms with E-state index in [9.17, 15) is 19.5 Å². The standard InChI is InChI=1S/C13H13ClN2O5/c14-9-2-1-7(17)5-8(9)13(21)16-4-3-15-12(20)10(16)6-11(18)19/h1-2,5,10,17H,3-4,6H2,(H,15,20)(H,18,19). The van der Waals surface area contributed by atoms with Gasteiger partial charge in [0.05, 0.1) is 17.0 Å². The van der Waals surface area contributed by atoms with Gasteiger partial charge in [0.2, 0.25) is 5.91 Å². The Kier molecular flexibility index (Phi) is 4.32. The van der Waals surface area contributed by atoms with Gasteiger partial charge in [0.1, 0.15) is 11.8 Å². The molecule has 8 heteroatoms. The van der Waals surface area contributed by atoms with Gasteiger partial charge in [-0.3, -0.25) is 14.4 Å². The number of phenols is 1. The molecule has 1 aliphatic rings. The average molecular weight is 313 g/mol. The van der Waals surface area contributed by atoms with Crippen molar-refractivity contribution in [1.82, 2.24) is 10.2 Å². The zero-order chi connectivity index (χ0) is 15.6. The molecule has 0 aliphatic carbocycles. The van der Waals surface area contributed by atoms with Crippen LogP contribution in [0.1, 0.15) is 16.8 Å². The molecule has 1 saturated heterocycles. The molecule has 0 aromatic heterocycles. The third-order valence-corrected chi connectivity index (χ3v) is 3.47. The van der Waals surface area contributed by atoms with E-state index in [0.29, 0.717) is 0 Å². The Morgan fingerprint density at radius 1 is 1.43 bits per heavy atom. The predicted molar refractivity (Wildman–Crippen MR) is 73.2 cm³/mol. The summed E-state index contributed by atoms with van der Waals surface area (Å²) in [5, 5.41) is 21.0. The molecule has 1 fully saturated rings. The quantitative estimate of drug-likeness (QED) is 0.751. The van der Waals surface area contributed by atoms with Gasteiger partial charge in [-0.05, 0) is 18.2 Å². The lowest BCUT2D eigenvalue weighted by molar-refractivity contribution is -0.142. The van der Waals surface area contributed by atoms with Gasteiger partial charge in [-0.2, -0.15) is 0 Å². The second kappa shape index (κ2) is 6.01. The minimum absolute atomic E-state index is 0.0294. The highest BCUT2D eigenvalue weighted by molar-refractivity contribution is 6.34. The first-order valence-electron chi connectivity index (χ1n) is 6.19. The van der Waals surface area contributed by atoms with Crippen LogP contribution in [0.4, 0.5) is 0 Å². The number of phenolic OH excluding ortho intramolecular Hbond substituents is 1. The number of benzene rings is 1. The molecule has 1 aliphatic heterocycles. The SMILES string of the molecule is O=C(O)CC1C(=O)NCCN1C(=O)c1cc(O)ccc1Cl. The topological polar surface area (TPSA) is 107 Å². The maximum atomic E-state index is 12.5. The number of hydrogen-bond acceptors (Lipinski definition) is 4. The van der Waals surface area contributed by atoms with Crippen molar-refractivity contribution in [2.75, 3.05) is 13.1 Å². The van der Waals surface area contributed by atoms with Crippen LogP contribution in [0.2, 0.25) is 5.02 Å². The van der Waals surface area contributed by atoms with Crippen LogP contribution >= 0.6 is 11.6 Å². The molecule has 2 amide bonds. The van der Waals surface area contributed by atoms with Crippen molar-refractivity contribution >= 4 is 29.4 Å². The highest BCUT2D eigenvalue weighted by atomic mass is 35.5. The third-order valence-electron chi connectivity index (χ3n) is 3.14. The highest BCUT2D eigenvalue weighted by Crippen LogP contribution is 2.24. The second-order valence-corrected chi connectivity index (χ2v) is 4.97. The first kappa shape index (κ1) is 15.1. The Labute approximate surface area is 125 Å². The summed E-state index contributed by atoms with van der Waals surface area (Å²) in [6.07, 6.45) is -0.492. The lowest BCUT2D eigenvalue weighted by Crippen LogP contribution is -2.57. The maximum Gasteiger partial charge on any atom is 0.305 e. The van der Waals surface area contributed by atoms with E-state index in [4.69, 9.17) is 16.7 Å². The van der Waals surface area contributed by atoms with Gasteiger partial charge in [-0.25, -0.2) is 0 Å². The second-order valence-electron chi connectivity index (χ2n) is 4.57. The number of carboxylic acid groups (broad SMARTS) is 1. The Morgan fingerprint density at radius 3 is 2.81 bits per heavy atom. The normalized spacial score (nSPS) is 18.2. The summed E-state index contributed by atoms with van der Waals surface area (Å²) in [7, 11) is 0. The summed E-state index contributed by atoms with van der Waals surface area (Å²) < 4.78 is 0. The molecular weight excluding hydrogens is 300 g/mol. The first-order valence-corrected chi connectivity index (χ1v) is 6.57. The molecule has 1 aromatic rings. The van der Waals surface area contributed by atoms with Crippen LogP contribution in [0.15, 0.2) is 18.2 Å². The zero-order valence-electron chi connectivity index (χ0n) is 10.9. The number of piperazine rings is 1. The van der Waals surface area contributed by atoms with Crippen LogP contribution in [0, 0.1) is 0 Å². The van der Waals surface area contributed by atoms with Gasteiger partial charge in [-0.1, -0.05) is 11.6 Å². The summed E-state index contributed by atoms with van der Waals surface area (Å²) in [4.78, 5) is 36.3. The summed E-state index contributed by atoms with van der Waals surface area (Å²) >= 11 is 5.92. The molecule has 0 radical (unpaired) electrons. The number of nitrogens with one attached hydrogen (secondary N) is 1. The molecule has 3 N–H and O–H groups in total. The number of rotatable bonds is 3. The molecule has 7 nitrogen and oxygen atoms in total. The van der Waals surface area contributed by atoms with E-state index >= 15 is 0 Å². The summed E-state index contributed by atoms with van der Waals surface area (Å²) in [5.41, 5.74) is 0.0294. The molecule has 0 bridgehead atoms. The minimum atomic E-state index is -1.18. The Hall–Kier alpha value is -2.28. The fourth-order valence-electron chi connectivity index (χ4n) is 2.16. The van der Waals surface area contributed by atoms with E-state index in [1.807, 2.05) is 0 Å². The number of nitrogens with zero attached hydrogens (tertiary/aromatic N) is 1. The Bertz CT molecular complexity index is 604. The van der Waals surface area contributed by atoms with Crippen molar-refractivity contribution in [1.29, 1.82) is 0 Å². The monoisotopic (exact) mass is 312 g/mol. The number of aliphatic carboxylic acids is 1. The number of hydrogen-bond donors (Lipinski definition) is 3. The highest BCUT2D eigenvalue weighted by Gasteiger charge is 2.35. The van der Waals surface area contributed by atoms with Crippen molar-refractivity contribution < 1.29 is 24.6 Å². The van der Waals surface area contributed by atoms with E-state index in [1.165, 1.54) is 18.2 Å². The van der Waals surface area contributed by atoms with E-state index < -0.39 is 30.2 Å². The lowest BCUT2D eigenvalue weighted by Gasteiger charge is -2.34. The van der Waals surface area contributed by atoms with Crippen LogP contribution in [0.3, 0.4) is 0 Å². The molecule has 1 atom stereocenters. The van der Waals surface area contributed by atoms with E-state index in [-0.39, 0.29) is 29.4 Å². The van der Waals surface area contributed by atoms with E-state index in [0.717, 1.165) is 4.90 Å². The van der Waals surface area contributed by atoms with Crippen molar-refractivity contribution in [3.05, 3.63) is 28.8 Å². The molecular formula is C13H13ClN2O5. The molecule has 1 aromatic carbocycles. The number of carboxylic acids is 1. The van der Waals surface area contributed by atoms with Crippen LogP contribution in [0.5, 0.6) is 5.75 Å². The zero-order valence-corrected chi connectivity index (χ0v) is 11.6. The fraction of sp³-hybridized carbons (Fsp3) is 0.308. The van der Waals surface area contributed by atoms with Gasteiger partial charge >= 0.3 is 5.97 Å². The van der Waals surface area contributed by atoms with Crippen molar-refractivity contribution in [2.24, 2.45) is 0 Å². The molecule has 21 heavy (non-hydrogen) atoms. The Balaban J connectivity index is 2.32. The fourth-order valence-corrected chi connectivity index (χ4v) is 2.36. The van der Waals surface area contributed by atoms with Crippen molar-refractivity contribution in [2.45, 2.75) is 12.5 Å². The molecule has 0 spiro atoms. The number of halogens is 1. The Morgan fingerprint density at radius 2 is 2.14 bits per heavy atom. The summed E-state index contributed by atoms with van der Waals surface area (Å²) in [5.74, 6) is -2.43. The summed E-state index contributed by atoms with van der Waals surface area (Å²) in [6.45, 7) is 0.408. The van der Waals surface area contributed by atoms with Gasteiger partial charge in [0, 0.05) is 13.1 Å². The van der Waals surface area contributed by atoms with Gasteiger partial charge in [0.15, 0.2) is 0 Å². The molecule has 0 saturated carbocycles. The van der Waals surface area contributed by atoms with Crippen LogP contribution in [-0.2, 0) is 9.59 Å². The average Bonchev–Trinajstić information content (AvgIpc) is 2.42. The molecule has 112 valence electrons. The maximum absolute atomic E-state index is 12.5. The van der Waals surface area contributed by atoms with Gasteiger partial charge in [0.25, 0.3) is 5.91 Å². The van der Waals surface area contributed by atoms with Crippen molar-refractivity contribution in [3.8, 4) is 5.75 Å². The van der Waals surface area contributed by atoms with E-state index in [2.05, 4.69) is 5.32 Å². The molecule has 2 rings (SSSR count). The number of carbonyl (C=O) groups excluding carboxylic acids is 2. The number of carbonyl (C=O) groups is 3. The largest absolute Gasteiger partial charge is 0.508 e. The van der Waals surface area contributed by atoms with Gasteiger partial charge in [-0.15, -0.1) is 0 Å². The molecule has 1 unspecified atom stereocenters. The van der Waals surface area contributed by atoms with Crippen LogP contribution in [-0.4, -0.2) is 52.0 Å². The van der Waals surface area contributed by atoms with Gasteiger partial charge < -0.3 is 20.4 Å².